The fraction of sp³-hybridized carbons (Fsp3) is 0.298. The van der Waals surface area contributed by atoms with Gasteiger partial charge in [0.15, 0.2) is 0 Å². The largest absolute Gasteiger partial charge is 0.429 e. The molecule has 1 heterocycles. The molecule has 1 fully saturated rings. The summed E-state index contributed by atoms with van der Waals surface area (Å²) in [6, 6.07) is 46.9. The summed E-state index contributed by atoms with van der Waals surface area (Å²) in [6.45, 7) is 3.45. The Morgan fingerprint density at radius 1 is 0.593 bits per heavy atom. The van der Waals surface area contributed by atoms with Gasteiger partial charge in [0.1, 0.15) is 24.4 Å². The van der Waals surface area contributed by atoms with E-state index in [4.69, 9.17) is 28.4 Å². The standard InChI is InChI=1S/C47H48O7/c1-2-3-4-17-28-40-29-18-19-30-41(40)46(48)54-47-45(52-34-39-26-15-8-16-27-39)44(51-33-38-24-13-7-14-25-38)43(50-32-37-22-11-6-12-23-37)42(53-47)35-49-31-36-20-9-5-10-21-36/h5-16,18-27,29-30,42-45,47H,2-4,31-35H2,1H3/t42?,43-,44?,45?,47+/m1/s1. The van der Waals surface area contributed by atoms with Crippen LogP contribution in [0, 0.1) is 11.8 Å². The van der Waals surface area contributed by atoms with Gasteiger partial charge in [0.2, 0.25) is 6.29 Å². The smallest absolute Gasteiger partial charge is 0.341 e. The first-order chi connectivity index (χ1) is 26.7. The summed E-state index contributed by atoms with van der Waals surface area (Å²) in [5.41, 5.74) is 4.90. The summed E-state index contributed by atoms with van der Waals surface area (Å²) in [6.07, 6.45) is -1.32. The van der Waals surface area contributed by atoms with Crippen LogP contribution >= 0.6 is 0 Å². The van der Waals surface area contributed by atoms with Crippen molar-refractivity contribution in [3.8, 4) is 11.8 Å². The third-order valence-electron chi connectivity index (χ3n) is 9.09. The molecule has 6 rings (SSSR count). The summed E-state index contributed by atoms with van der Waals surface area (Å²) >= 11 is 0. The predicted octanol–water partition coefficient (Wildman–Crippen LogP) is 9.08. The second-order valence-electron chi connectivity index (χ2n) is 13.2. The highest BCUT2D eigenvalue weighted by molar-refractivity contribution is 5.92. The number of hydrogen-bond acceptors (Lipinski definition) is 7. The van der Waals surface area contributed by atoms with Gasteiger partial charge in [-0.15, -0.1) is 0 Å². The number of esters is 1. The highest BCUT2D eigenvalue weighted by atomic mass is 16.7. The minimum Gasteiger partial charge on any atom is -0.429 e. The maximum Gasteiger partial charge on any atom is 0.341 e. The number of carbonyl (C=O) groups excluding carboxylic acids is 1. The summed E-state index contributed by atoms with van der Waals surface area (Å²) in [5.74, 6) is 5.81. The van der Waals surface area contributed by atoms with Gasteiger partial charge in [0.25, 0.3) is 0 Å². The lowest BCUT2D eigenvalue weighted by Crippen LogP contribution is -2.62. The van der Waals surface area contributed by atoms with Crippen molar-refractivity contribution in [1.29, 1.82) is 0 Å². The lowest BCUT2D eigenvalue weighted by molar-refractivity contribution is -0.315. The summed E-state index contributed by atoms with van der Waals surface area (Å²) in [4.78, 5) is 14.1. The molecule has 5 aromatic carbocycles. The molecule has 5 aromatic rings. The maximum absolute atomic E-state index is 14.1. The van der Waals surface area contributed by atoms with Crippen molar-refractivity contribution < 1.29 is 33.2 Å². The zero-order valence-electron chi connectivity index (χ0n) is 30.8. The predicted molar refractivity (Wildman–Crippen MR) is 208 cm³/mol. The Balaban J connectivity index is 1.34. The Morgan fingerprint density at radius 3 is 1.63 bits per heavy atom. The molecule has 0 aliphatic carbocycles. The molecule has 0 radical (unpaired) electrons. The van der Waals surface area contributed by atoms with Crippen LogP contribution in [0.1, 0.15) is 64.4 Å². The second kappa shape index (κ2) is 21.0. The number of unbranched alkanes of at least 4 members (excludes halogenated alkanes) is 2. The fourth-order valence-electron chi connectivity index (χ4n) is 6.20. The van der Waals surface area contributed by atoms with E-state index in [1.807, 2.05) is 133 Å². The zero-order chi connectivity index (χ0) is 37.2. The number of hydrogen-bond donors (Lipinski definition) is 0. The van der Waals surface area contributed by atoms with Gasteiger partial charge in [-0.1, -0.05) is 159 Å². The van der Waals surface area contributed by atoms with Crippen LogP contribution in [0.2, 0.25) is 0 Å². The van der Waals surface area contributed by atoms with Crippen LogP contribution in [0.4, 0.5) is 0 Å². The number of ether oxygens (including phenoxy) is 6. The van der Waals surface area contributed by atoms with Crippen LogP contribution in [0.25, 0.3) is 0 Å². The van der Waals surface area contributed by atoms with Gasteiger partial charge >= 0.3 is 5.97 Å². The van der Waals surface area contributed by atoms with Gasteiger partial charge in [0, 0.05) is 12.0 Å². The first kappa shape index (κ1) is 38.6. The molecule has 0 spiro atoms. The number of rotatable bonds is 17. The summed E-state index contributed by atoms with van der Waals surface area (Å²) in [7, 11) is 0. The van der Waals surface area contributed by atoms with E-state index >= 15 is 0 Å². The van der Waals surface area contributed by atoms with Crippen molar-refractivity contribution in [3.05, 3.63) is 179 Å². The molecule has 0 saturated carbocycles. The van der Waals surface area contributed by atoms with Crippen LogP contribution in [0.3, 0.4) is 0 Å². The molecule has 7 heteroatoms. The SMILES string of the molecule is CCCCC#Cc1ccccc1C(=O)O[C@@H]1OC(COCc2ccccc2)[C@@H](OCc2ccccc2)C(OCc2ccccc2)C1OCc1ccccc1. The molecule has 3 unspecified atom stereocenters. The van der Waals surface area contributed by atoms with Crippen molar-refractivity contribution in [2.75, 3.05) is 6.61 Å². The van der Waals surface area contributed by atoms with Crippen LogP contribution in [-0.4, -0.2) is 43.3 Å². The molecular formula is C47H48O7. The maximum atomic E-state index is 14.1. The van der Waals surface area contributed by atoms with Crippen molar-refractivity contribution >= 4 is 5.97 Å². The quantitative estimate of drug-likeness (QED) is 0.0538. The summed E-state index contributed by atoms with van der Waals surface area (Å²) in [5, 5.41) is 0. The Kier molecular flexibility index (Phi) is 15.0. The molecule has 0 N–H and O–H groups in total. The van der Waals surface area contributed by atoms with E-state index in [2.05, 4.69) is 18.8 Å². The van der Waals surface area contributed by atoms with Crippen molar-refractivity contribution in [2.24, 2.45) is 0 Å². The van der Waals surface area contributed by atoms with Crippen molar-refractivity contribution in [1.82, 2.24) is 0 Å². The van der Waals surface area contributed by atoms with Crippen molar-refractivity contribution in [3.63, 3.8) is 0 Å². The van der Waals surface area contributed by atoms with Crippen molar-refractivity contribution in [2.45, 2.75) is 83.3 Å². The molecule has 278 valence electrons. The van der Waals surface area contributed by atoms with E-state index in [0.717, 1.165) is 41.5 Å². The van der Waals surface area contributed by atoms with E-state index < -0.39 is 36.7 Å². The van der Waals surface area contributed by atoms with Crippen LogP contribution in [0.15, 0.2) is 146 Å². The second-order valence-corrected chi connectivity index (χ2v) is 13.2. The van der Waals surface area contributed by atoms with Gasteiger partial charge in [-0.2, -0.15) is 0 Å². The minimum atomic E-state index is -1.16. The molecule has 1 saturated heterocycles. The van der Waals surface area contributed by atoms with Crippen LogP contribution < -0.4 is 0 Å². The van der Waals surface area contributed by atoms with Crippen LogP contribution in [0.5, 0.6) is 0 Å². The van der Waals surface area contributed by atoms with E-state index in [9.17, 15) is 4.79 Å². The lowest BCUT2D eigenvalue weighted by atomic mass is 9.97. The molecule has 7 nitrogen and oxygen atoms in total. The third-order valence-corrected chi connectivity index (χ3v) is 9.09. The molecular weight excluding hydrogens is 677 g/mol. The van der Waals surface area contributed by atoms with Gasteiger partial charge in [-0.05, 0) is 40.8 Å². The minimum absolute atomic E-state index is 0.151. The van der Waals surface area contributed by atoms with E-state index in [-0.39, 0.29) is 19.8 Å². The monoisotopic (exact) mass is 724 g/mol. The molecule has 0 aromatic heterocycles. The highest BCUT2D eigenvalue weighted by Crippen LogP contribution is 2.32. The average molecular weight is 725 g/mol. The fourth-order valence-corrected chi connectivity index (χ4v) is 6.20. The van der Waals surface area contributed by atoms with E-state index in [1.54, 1.807) is 12.1 Å². The topological polar surface area (TPSA) is 72.5 Å². The first-order valence-electron chi connectivity index (χ1n) is 18.7. The Hall–Kier alpha value is -5.07. The molecule has 5 atom stereocenters. The average Bonchev–Trinajstić information content (AvgIpc) is 3.22. The van der Waals surface area contributed by atoms with Gasteiger partial charge in [0.05, 0.1) is 38.6 Å². The number of carbonyl (C=O) groups is 1. The zero-order valence-corrected chi connectivity index (χ0v) is 30.8. The van der Waals surface area contributed by atoms with Crippen LogP contribution in [-0.2, 0) is 54.8 Å². The normalized spacial score (nSPS) is 19.4. The molecule has 0 bridgehead atoms. The molecule has 0 amide bonds. The molecule has 54 heavy (non-hydrogen) atoms. The molecule has 1 aliphatic rings. The van der Waals surface area contributed by atoms with Gasteiger partial charge < -0.3 is 28.4 Å². The summed E-state index contributed by atoms with van der Waals surface area (Å²) < 4.78 is 39.5. The lowest BCUT2D eigenvalue weighted by Gasteiger charge is -2.45. The third kappa shape index (κ3) is 11.5. The Bertz CT molecular complexity index is 1890. The van der Waals surface area contributed by atoms with Gasteiger partial charge in [-0.25, -0.2) is 4.79 Å². The van der Waals surface area contributed by atoms with E-state index in [0.29, 0.717) is 24.3 Å². The van der Waals surface area contributed by atoms with E-state index in [1.165, 1.54) is 0 Å². The highest BCUT2D eigenvalue weighted by Gasteiger charge is 2.50. The number of benzene rings is 5. The van der Waals surface area contributed by atoms with Gasteiger partial charge in [-0.3, -0.25) is 0 Å². The Labute approximate surface area is 319 Å². The Morgan fingerprint density at radius 2 is 1.07 bits per heavy atom. The first-order valence-corrected chi connectivity index (χ1v) is 18.7. The molecule has 1 aliphatic heterocycles.